The number of amides is 2. The van der Waals surface area contributed by atoms with Gasteiger partial charge in [-0.1, -0.05) is 26.2 Å². The number of hydrogen-bond donors (Lipinski definition) is 2. The first-order valence-corrected chi connectivity index (χ1v) is 7.94. The molecule has 0 spiro atoms. The van der Waals surface area contributed by atoms with Crippen molar-refractivity contribution in [3.05, 3.63) is 0 Å². The number of aliphatic hydroxyl groups excluding tert-OH is 1. The Balaban J connectivity index is 1.82. The maximum atomic E-state index is 12.3. The van der Waals surface area contributed by atoms with E-state index in [0.717, 1.165) is 19.3 Å². The molecule has 2 aliphatic carbocycles. The van der Waals surface area contributed by atoms with Crippen molar-refractivity contribution in [1.82, 2.24) is 10.2 Å². The fourth-order valence-electron chi connectivity index (χ4n) is 3.22. The summed E-state index contributed by atoms with van der Waals surface area (Å²) in [6.07, 6.45) is 9.55. The average molecular weight is 268 g/mol. The number of rotatable bonds is 7. The lowest BCUT2D eigenvalue weighted by atomic mass is 9.97. The van der Waals surface area contributed by atoms with Gasteiger partial charge in [0, 0.05) is 18.6 Å². The predicted molar refractivity (Wildman–Crippen MR) is 76.0 cm³/mol. The van der Waals surface area contributed by atoms with Crippen LogP contribution in [0.1, 0.15) is 58.3 Å². The first kappa shape index (κ1) is 14.6. The molecule has 2 saturated carbocycles. The summed E-state index contributed by atoms with van der Waals surface area (Å²) in [5.74, 6) is 0.666. The van der Waals surface area contributed by atoms with Crippen LogP contribution in [0.5, 0.6) is 0 Å². The van der Waals surface area contributed by atoms with Crippen molar-refractivity contribution in [3.8, 4) is 0 Å². The van der Waals surface area contributed by atoms with Crippen LogP contribution in [-0.2, 0) is 0 Å². The lowest BCUT2D eigenvalue weighted by Crippen LogP contribution is -2.48. The van der Waals surface area contributed by atoms with E-state index in [1.807, 2.05) is 4.90 Å². The summed E-state index contributed by atoms with van der Waals surface area (Å²) in [5.41, 5.74) is 0. The van der Waals surface area contributed by atoms with E-state index in [1.54, 1.807) is 0 Å². The van der Waals surface area contributed by atoms with Gasteiger partial charge in [-0.25, -0.2) is 4.79 Å². The minimum absolute atomic E-state index is 0.0462. The van der Waals surface area contributed by atoms with E-state index >= 15 is 0 Å². The molecule has 2 fully saturated rings. The molecule has 2 unspecified atom stereocenters. The zero-order chi connectivity index (χ0) is 13.7. The number of nitrogens with one attached hydrogen (secondary N) is 1. The summed E-state index contributed by atoms with van der Waals surface area (Å²) in [4.78, 5) is 14.1. The van der Waals surface area contributed by atoms with E-state index in [0.29, 0.717) is 24.5 Å². The standard InChI is InChI=1S/C15H28N2O2/c1-2-3-5-12-6-4-7-14(12)16-15(19)17(10-11-18)13-8-9-13/h12-14,18H,2-11H2,1H3,(H,16,19). The highest BCUT2D eigenvalue weighted by molar-refractivity contribution is 5.75. The van der Waals surface area contributed by atoms with Gasteiger partial charge in [0.2, 0.25) is 0 Å². The molecular formula is C15H28N2O2. The second-order valence-electron chi connectivity index (χ2n) is 6.04. The third kappa shape index (κ3) is 4.10. The highest BCUT2D eigenvalue weighted by atomic mass is 16.3. The van der Waals surface area contributed by atoms with Crippen LogP contribution in [0.25, 0.3) is 0 Å². The van der Waals surface area contributed by atoms with Gasteiger partial charge in [0.25, 0.3) is 0 Å². The number of nitrogens with zero attached hydrogens (tertiary/aromatic N) is 1. The minimum atomic E-state index is 0.0462. The summed E-state index contributed by atoms with van der Waals surface area (Å²) in [6.45, 7) is 2.76. The van der Waals surface area contributed by atoms with Gasteiger partial charge in [0.05, 0.1) is 6.61 Å². The summed E-state index contributed by atoms with van der Waals surface area (Å²) in [6, 6.07) is 0.784. The summed E-state index contributed by atoms with van der Waals surface area (Å²) in [7, 11) is 0. The van der Waals surface area contributed by atoms with E-state index < -0.39 is 0 Å². The van der Waals surface area contributed by atoms with Crippen LogP contribution in [0, 0.1) is 5.92 Å². The molecule has 0 aromatic carbocycles. The highest BCUT2D eigenvalue weighted by Crippen LogP contribution is 2.31. The van der Waals surface area contributed by atoms with Crippen LogP contribution in [0.15, 0.2) is 0 Å². The minimum Gasteiger partial charge on any atom is -0.395 e. The van der Waals surface area contributed by atoms with Crippen LogP contribution in [0.3, 0.4) is 0 Å². The molecule has 0 aromatic rings. The number of aliphatic hydroxyl groups is 1. The predicted octanol–water partition coefficient (Wildman–Crippen LogP) is 2.51. The van der Waals surface area contributed by atoms with E-state index in [2.05, 4.69) is 12.2 Å². The maximum Gasteiger partial charge on any atom is 0.317 e. The van der Waals surface area contributed by atoms with Gasteiger partial charge < -0.3 is 15.3 Å². The second kappa shape index (κ2) is 7.13. The van der Waals surface area contributed by atoms with Crippen molar-refractivity contribution in [1.29, 1.82) is 0 Å². The number of carbonyl (C=O) groups excluding carboxylic acids is 1. The zero-order valence-electron chi connectivity index (χ0n) is 12.1. The first-order valence-electron chi connectivity index (χ1n) is 7.94. The molecule has 2 N–H and O–H groups in total. The molecule has 0 saturated heterocycles. The molecule has 2 rings (SSSR count). The van der Waals surface area contributed by atoms with Gasteiger partial charge in [-0.2, -0.15) is 0 Å². The topological polar surface area (TPSA) is 52.6 Å². The summed E-state index contributed by atoms with van der Waals surface area (Å²) >= 11 is 0. The Morgan fingerprint density at radius 2 is 2.11 bits per heavy atom. The van der Waals surface area contributed by atoms with E-state index in [4.69, 9.17) is 5.11 Å². The quantitative estimate of drug-likeness (QED) is 0.745. The van der Waals surface area contributed by atoms with Gasteiger partial charge in [0.1, 0.15) is 0 Å². The largest absolute Gasteiger partial charge is 0.395 e. The van der Waals surface area contributed by atoms with Crippen molar-refractivity contribution >= 4 is 6.03 Å². The molecule has 0 aliphatic heterocycles. The van der Waals surface area contributed by atoms with Crippen molar-refractivity contribution in [2.75, 3.05) is 13.2 Å². The number of unbranched alkanes of at least 4 members (excludes halogenated alkanes) is 1. The Labute approximate surface area is 116 Å². The Morgan fingerprint density at radius 3 is 2.74 bits per heavy atom. The van der Waals surface area contributed by atoms with Crippen molar-refractivity contribution < 1.29 is 9.90 Å². The molecule has 0 aromatic heterocycles. The molecule has 110 valence electrons. The monoisotopic (exact) mass is 268 g/mol. The van der Waals surface area contributed by atoms with Gasteiger partial charge >= 0.3 is 6.03 Å². The lowest BCUT2D eigenvalue weighted by Gasteiger charge is -2.27. The smallest absolute Gasteiger partial charge is 0.317 e. The molecule has 0 radical (unpaired) electrons. The zero-order valence-corrected chi connectivity index (χ0v) is 12.1. The van der Waals surface area contributed by atoms with Crippen LogP contribution in [-0.4, -0.2) is 41.3 Å². The maximum absolute atomic E-state index is 12.3. The fourth-order valence-corrected chi connectivity index (χ4v) is 3.22. The molecule has 2 aliphatic rings. The Kier molecular flexibility index (Phi) is 5.49. The Morgan fingerprint density at radius 1 is 1.32 bits per heavy atom. The SMILES string of the molecule is CCCCC1CCCC1NC(=O)N(CCO)C1CC1. The third-order valence-electron chi connectivity index (χ3n) is 4.49. The van der Waals surface area contributed by atoms with Crippen LogP contribution in [0.2, 0.25) is 0 Å². The molecule has 0 bridgehead atoms. The van der Waals surface area contributed by atoms with Crippen LogP contribution >= 0.6 is 0 Å². The molecule has 2 amide bonds. The summed E-state index contributed by atoms with van der Waals surface area (Å²) in [5, 5.41) is 12.3. The molecule has 4 heteroatoms. The number of urea groups is 1. The lowest BCUT2D eigenvalue weighted by molar-refractivity contribution is 0.167. The Hall–Kier alpha value is -0.770. The third-order valence-corrected chi connectivity index (χ3v) is 4.49. The van der Waals surface area contributed by atoms with Crippen molar-refractivity contribution in [3.63, 3.8) is 0 Å². The molecule has 2 atom stereocenters. The van der Waals surface area contributed by atoms with Crippen LogP contribution in [0.4, 0.5) is 4.79 Å². The van der Waals surface area contributed by atoms with Crippen molar-refractivity contribution in [2.24, 2.45) is 5.92 Å². The number of hydrogen-bond acceptors (Lipinski definition) is 2. The van der Waals surface area contributed by atoms with Gasteiger partial charge in [-0.15, -0.1) is 0 Å². The fraction of sp³-hybridized carbons (Fsp3) is 0.933. The Bertz CT molecular complexity index is 292. The summed E-state index contributed by atoms with van der Waals surface area (Å²) < 4.78 is 0. The second-order valence-corrected chi connectivity index (χ2v) is 6.04. The normalized spacial score (nSPS) is 26.4. The van der Waals surface area contributed by atoms with Gasteiger partial charge in [-0.3, -0.25) is 0 Å². The number of carbonyl (C=O) groups is 1. The van der Waals surface area contributed by atoms with Gasteiger partial charge in [-0.05, 0) is 38.0 Å². The molecule has 19 heavy (non-hydrogen) atoms. The van der Waals surface area contributed by atoms with E-state index in [1.165, 1.54) is 32.1 Å². The molecular weight excluding hydrogens is 240 g/mol. The van der Waals surface area contributed by atoms with E-state index in [-0.39, 0.29) is 12.6 Å². The average Bonchev–Trinajstić information content (AvgIpc) is 3.15. The van der Waals surface area contributed by atoms with E-state index in [9.17, 15) is 4.79 Å². The first-order chi connectivity index (χ1) is 9.26. The molecule has 0 heterocycles. The highest BCUT2D eigenvalue weighted by Gasteiger charge is 2.35. The van der Waals surface area contributed by atoms with Crippen molar-refractivity contribution in [2.45, 2.75) is 70.4 Å². The molecule has 4 nitrogen and oxygen atoms in total. The van der Waals surface area contributed by atoms with Gasteiger partial charge in [0.15, 0.2) is 0 Å². The van der Waals surface area contributed by atoms with Crippen LogP contribution < -0.4 is 5.32 Å².